The Morgan fingerprint density at radius 2 is 2.06 bits per heavy atom. The Balaban J connectivity index is 2.19. The molecule has 0 aromatic heterocycles. The van der Waals surface area contributed by atoms with Crippen molar-refractivity contribution in [1.82, 2.24) is 4.90 Å². The zero-order valence-corrected chi connectivity index (χ0v) is 11.3. The minimum absolute atomic E-state index is 0.131. The topological polar surface area (TPSA) is 20.3 Å². The van der Waals surface area contributed by atoms with Crippen molar-refractivity contribution >= 4 is 18.5 Å². The maximum atomic E-state index is 12.5. The van der Waals surface area contributed by atoms with Gasteiger partial charge in [-0.25, -0.2) is 0 Å². The van der Waals surface area contributed by atoms with E-state index in [9.17, 15) is 4.79 Å². The number of hydrogen-bond acceptors (Lipinski definition) is 2. The summed E-state index contributed by atoms with van der Waals surface area (Å²) in [7, 11) is 0. The molecular weight excluding hydrogens is 230 g/mol. The second-order valence-electron chi connectivity index (χ2n) is 5.10. The summed E-state index contributed by atoms with van der Waals surface area (Å²) in [5.74, 6) is 0.637. The van der Waals surface area contributed by atoms with E-state index in [1.807, 2.05) is 29.2 Å². The predicted molar refractivity (Wildman–Crippen MR) is 72.6 cm³/mol. The third kappa shape index (κ3) is 3.03. The number of rotatable bonds is 4. The molecule has 0 bridgehead atoms. The van der Waals surface area contributed by atoms with Crippen molar-refractivity contribution in [2.75, 3.05) is 6.54 Å². The summed E-state index contributed by atoms with van der Waals surface area (Å²) >= 11 is 4.36. The van der Waals surface area contributed by atoms with Gasteiger partial charge in [-0.15, -0.1) is 12.6 Å². The second kappa shape index (κ2) is 5.13. The molecule has 2 nitrogen and oxygen atoms in total. The van der Waals surface area contributed by atoms with E-state index in [1.54, 1.807) is 0 Å². The average molecular weight is 249 g/mol. The first kappa shape index (κ1) is 12.5. The lowest BCUT2D eigenvalue weighted by Gasteiger charge is -2.25. The third-order valence-corrected chi connectivity index (χ3v) is 3.33. The second-order valence-corrected chi connectivity index (χ2v) is 5.58. The van der Waals surface area contributed by atoms with Crippen LogP contribution in [0.15, 0.2) is 29.2 Å². The molecule has 1 fully saturated rings. The Kier molecular flexibility index (Phi) is 3.77. The molecule has 92 valence electrons. The minimum Gasteiger partial charge on any atom is -0.335 e. The minimum atomic E-state index is 0.131. The Hall–Kier alpha value is -0.960. The molecule has 1 amide bonds. The fourth-order valence-corrected chi connectivity index (χ4v) is 2.24. The molecule has 0 atom stereocenters. The van der Waals surface area contributed by atoms with Crippen LogP contribution in [-0.2, 0) is 0 Å². The van der Waals surface area contributed by atoms with Crippen LogP contribution in [0.1, 0.15) is 37.0 Å². The highest BCUT2D eigenvalue weighted by Gasteiger charge is 2.33. The van der Waals surface area contributed by atoms with Crippen LogP contribution in [0.3, 0.4) is 0 Å². The number of thiol groups is 1. The van der Waals surface area contributed by atoms with E-state index in [4.69, 9.17) is 0 Å². The first-order valence-electron chi connectivity index (χ1n) is 6.18. The molecule has 2 rings (SSSR count). The molecule has 1 saturated carbocycles. The largest absolute Gasteiger partial charge is 0.335 e. The van der Waals surface area contributed by atoms with Crippen LogP contribution in [0.2, 0.25) is 0 Å². The maximum absolute atomic E-state index is 12.5. The molecule has 0 spiro atoms. The number of carbonyl (C=O) groups excluding carboxylic acids is 1. The first-order valence-corrected chi connectivity index (χ1v) is 6.63. The van der Waals surface area contributed by atoms with Crippen molar-refractivity contribution in [3.8, 4) is 0 Å². The Morgan fingerprint density at radius 1 is 1.41 bits per heavy atom. The van der Waals surface area contributed by atoms with E-state index in [0.29, 0.717) is 12.0 Å². The van der Waals surface area contributed by atoms with Crippen LogP contribution >= 0.6 is 12.6 Å². The predicted octanol–water partition coefficient (Wildman–Crippen LogP) is 3.24. The summed E-state index contributed by atoms with van der Waals surface area (Å²) in [5, 5.41) is 0. The highest BCUT2D eigenvalue weighted by Crippen LogP contribution is 2.30. The molecule has 1 aliphatic rings. The van der Waals surface area contributed by atoms with E-state index in [1.165, 1.54) is 0 Å². The lowest BCUT2D eigenvalue weighted by Crippen LogP contribution is -2.36. The van der Waals surface area contributed by atoms with Gasteiger partial charge in [-0.05, 0) is 30.9 Å². The van der Waals surface area contributed by atoms with E-state index >= 15 is 0 Å². The lowest BCUT2D eigenvalue weighted by atomic mass is 10.1. The molecule has 0 N–H and O–H groups in total. The lowest BCUT2D eigenvalue weighted by molar-refractivity contribution is 0.0719. The summed E-state index contributed by atoms with van der Waals surface area (Å²) in [6, 6.07) is 7.99. The molecule has 0 saturated heterocycles. The van der Waals surface area contributed by atoms with Crippen LogP contribution in [0, 0.1) is 5.92 Å². The van der Waals surface area contributed by atoms with Gasteiger partial charge >= 0.3 is 0 Å². The van der Waals surface area contributed by atoms with E-state index < -0.39 is 0 Å². The molecule has 0 aliphatic heterocycles. The van der Waals surface area contributed by atoms with Gasteiger partial charge in [0.05, 0.1) is 5.56 Å². The number of amides is 1. The van der Waals surface area contributed by atoms with Crippen LogP contribution < -0.4 is 0 Å². The van der Waals surface area contributed by atoms with Gasteiger partial charge in [-0.3, -0.25) is 4.79 Å². The summed E-state index contributed by atoms with van der Waals surface area (Å²) in [6.45, 7) is 5.14. The molecule has 3 heteroatoms. The van der Waals surface area contributed by atoms with Crippen LogP contribution in [0.5, 0.6) is 0 Å². The molecule has 0 unspecified atom stereocenters. The van der Waals surface area contributed by atoms with Gasteiger partial charge < -0.3 is 4.90 Å². The van der Waals surface area contributed by atoms with Crippen LogP contribution in [-0.4, -0.2) is 23.4 Å². The maximum Gasteiger partial charge on any atom is 0.255 e. The zero-order valence-electron chi connectivity index (χ0n) is 10.4. The SMILES string of the molecule is CC(C)CN(C(=O)c1ccccc1S)C1CC1. The fraction of sp³-hybridized carbons (Fsp3) is 0.500. The standard InChI is InChI=1S/C14H19NOS/c1-10(2)9-15(11-7-8-11)14(16)12-5-3-4-6-13(12)17/h3-6,10-11,17H,7-9H2,1-2H3. The fourth-order valence-electron chi connectivity index (χ4n) is 1.99. The van der Waals surface area contributed by atoms with Crippen molar-refractivity contribution in [2.24, 2.45) is 5.92 Å². The van der Waals surface area contributed by atoms with Crippen molar-refractivity contribution < 1.29 is 4.79 Å². The Bertz CT molecular complexity index is 412. The summed E-state index contributed by atoms with van der Waals surface area (Å²) in [4.78, 5) is 15.2. The van der Waals surface area contributed by atoms with E-state index in [2.05, 4.69) is 26.5 Å². The monoisotopic (exact) mass is 249 g/mol. The zero-order chi connectivity index (χ0) is 12.4. The highest BCUT2D eigenvalue weighted by molar-refractivity contribution is 7.80. The molecule has 1 aromatic rings. The molecule has 17 heavy (non-hydrogen) atoms. The van der Waals surface area contributed by atoms with Crippen molar-refractivity contribution in [1.29, 1.82) is 0 Å². The van der Waals surface area contributed by atoms with Crippen LogP contribution in [0.25, 0.3) is 0 Å². The number of carbonyl (C=O) groups is 1. The number of benzene rings is 1. The van der Waals surface area contributed by atoms with Gasteiger partial charge in [0.1, 0.15) is 0 Å². The quantitative estimate of drug-likeness (QED) is 0.812. The molecule has 1 aliphatic carbocycles. The van der Waals surface area contributed by atoms with Gasteiger partial charge in [0, 0.05) is 17.5 Å². The first-order chi connectivity index (χ1) is 8.09. The smallest absolute Gasteiger partial charge is 0.255 e. The van der Waals surface area contributed by atoms with Crippen molar-refractivity contribution in [2.45, 2.75) is 37.6 Å². The van der Waals surface area contributed by atoms with Crippen molar-refractivity contribution in [3.05, 3.63) is 29.8 Å². The van der Waals surface area contributed by atoms with Gasteiger partial charge in [0.2, 0.25) is 0 Å². The number of hydrogen-bond donors (Lipinski definition) is 1. The molecular formula is C14H19NOS. The Labute approximate surface area is 108 Å². The van der Waals surface area contributed by atoms with Gasteiger partial charge in [0.15, 0.2) is 0 Å². The number of nitrogens with zero attached hydrogens (tertiary/aromatic N) is 1. The van der Waals surface area contributed by atoms with E-state index in [-0.39, 0.29) is 5.91 Å². The summed E-state index contributed by atoms with van der Waals surface area (Å²) < 4.78 is 0. The summed E-state index contributed by atoms with van der Waals surface area (Å²) in [6.07, 6.45) is 2.29. The van der Waals surface area contributed by atoms with Crippen molar-refractivity contribution in [3.63, 3.8) is 0 Å². The molecule has 1 aromatic carbocycles. The average Bonchev–Trinajstić information content (AvgIpc) is 3.09. The molecule has 0 heterocycles. The normalized spacial score (nSPS) is 15.1. The van der Waals surface area contributed by atoms with Crippen LogP contribution in [0.4, 0.5) is 0 Å². The van der Waals surface area contributed by atoms with Gasteiger partial charge in [-0.2, -0.15) is 0 Å². The molecule has 0 radical (unpaired) electrons. The van der Waals surface area contributed by atoms with Gasteiger partial charge in [-0.1, -0.05) is 26.0 Å². The highest BCUT2D eigenvalue weighted by atomic mass is 32.1. The summed E-state index contributed by atoms with van der Waals surface area (Å²) in [5.41, 5.74) is 0.725. The van der Waals surface area contributed by atoms with E-state index in [0.717, 1.165) is 29.8 Å². The third-order valence-electron chi connectivity index (χ3n) is 2.94. The Morgan fingerprint density at radius 3 is 2.59 bits per heavy atom. The van der Waals surface area contributed by atoms with Gasteiger partial charge in [0.25, 0.3) is 5.91 Å².